The predicted octanol–water partition coefficient (Wildman–Crippen LogP) is 3.70. The van der Waals surface area contributed by atoms with E-state index in [1.165, 1.54) is 11.1 Å². The summed E-state index contributed by atoms with van der Waals surface area (Å²) in [6.45, 7) is 10.3. The first-order chi connectivity index (χ1) is 11.3. The Morgan fingerprint density at radius 3 is 2.22 bits per heavy atom. The van der Waals surface area contributed by atoms with Gasteiger partial charge in [-0.25, -0.2) is 0 Å². The molecule has 0 saturated heterocycles. The summed E-state index contributed by atoms with van der Waals surface area (Å²) in [7, 11) is 0. The van der Waals surface area contributed by atoms with E-state index in [0.717, 1.165) is 38.5 Å². The van der Waals surface area contributed by atoms with E-state index in [4.69, 9.17) is 4.74 Å². The van der Waals surface area contributed by atoms with Crippen molar-refractivity contribution in [1.82, 2.24) is 10.2 Å². The maximum atomic E-state index is 5.81. The maximum absolute atomic E-state index is 5.81. The smallest absolute Gasteiger partial charge is 0.119 e. The van der Waals surface area contributed by atoms with E-state index in [1.54, 1.807) is 0 Å². The molecule has 2 rings (SSSR count). The molecule has 0 heterocycles. The van der Waals surface area contributed by atoms with E-state index in [2.05, 4.69) is 48.3 Å². The Bertz CT molecular complexity index is 535. The third-order valence-electron chi connectivity index (χ3n) is 4.00. The number of rotatable bonds is 10. The Morgan fingerprint density at radius 1 is 0.870 bits per heavy atom. The maximum Gasteiger partial charge on any atom is 0.119 e. The third-order valence-corrected chi connectivity index (χ3v) is 4.00. The highest BCUT2D eigenvalue weighted by Gasteiger charge is 1.99. The van der Waals surface area contributed by atoms with Crippen molar-refractivity contribution in [3.63, 3.8) is 0 Å². The Balaban J connectivity index is 1.70. The molecule has 0 aromatic heterocycles. The minimum atomic E-state index is 0.613. The lowest BCUT2D eigenvalue weighted by Gasteiger charge is -2.18. The second-order valence-corrected chi connectivity index (χ2v) is 5.62. The molecule has 0 fully saturated rings. The van der Waals surface area contributed by atoms with E-state index in [9.17, 15) is 0 Å². The van der Waals surface area contributed by atoms with Crippen LogP contribution in [0.3, 0.4) is 0 Å². The van der Waals surface area contributed by atoms with Crippen molar-refractivity contribution in [2.24, 2.45) is 0 Å². The number of ether oxygens (including phenoxy) is 1. The van der Waals surface area contributed by atoms with Gasteiger partial charge in [-0.1, -0.05) is 56.3 Å². The van der Waals surface area contributed by atoms with Crippen molar-refractivity contribution in [2.75, 3.05) is 26.2 Å². The van der Waals surface area contributed by atoms with Gasteiger partial charge in [-0.2, -0.15) is 0 Å². The Hall–Kier alpha value is -1.84. The molecule has 23 heavy (non-hydrogen) atoms. The van der Waals surface area contributed by atoms with Crippen molar-refractivity contribution in [3.05, 3.63) is 65.7 Å². The van der Waals surface area contributed by atoms with E-state index in [-0.39, 0.29) is 0 Å². The van der Waals surface area contributed by atoms with E-state index in [1.807, 2.05) is 30.3 Å². The van der Waals surface area contributed by atoms with Crippen LogP contribution in [0.25, 0.3) is 0 Å². The quantitative estimate of drug-likeness (QED) is 0.677. The largest absolute Gasteiger partial charge is 0.489 e. The van der Waals surface area contributed by atoms with Crippen LogP contribution in [0.1, 0.15) is 25.0 Å². The first kappa shape index (κ1) is 17.5. The molecule has 3 nitrogen and oxygen atoms in total. The molecule has 0 unspecified atom stereocenters. The summed E-state index contributed by atoms with van der Waals surface area (Å²) >= 11 is 0. The normalized spacial score (nSPS) is 10.9. The molecular formula is C20H28N2O. The van der Waals surface area contributed by atoms with Gasteiger partial charge in [0.15, 0.2) is 0 Å². The summed E-state index contributed by atoms with van der Waals surface area (Å²) in [5, 5.41) is 3.50. The fourth-order valence-corrected chi connectivity index (χ4v) is 2.45. The zero-order valence-corrected chi connectivity index (χ0v) is 14.3. The van der Waals surface area contributed by atoms with Crippen LogP contribution in [0.4, 0.5) is 0 Å². The molecular weight excluding hydrogens is 284 g/mol. The molecule has 3 heteroatoms. The number of benzene rings is 2. The number of likely N-dealkylation sites (N-methyl/N-ethyl adjacent to an activating group) is 1. The highest BCUT2D eigenvalue weighted by atomic mass is 16.5. The van der Waals surface area contributed by atoms with Gasteiger partial charge < -0.3 is 15.0 Å². The summed E-state index contributed by atoms with van der Waals surface area (Å²) in [6.07, 6.45) is 0. The summed E-state index contributed by atoms with van der Waals surface area (Å²) < 4.78 is 5.81. The van der Waals surface area contributed by atoms with Gasteiger partial charge in [0.25, 0.3) is 0 Å². The molecule has 0 aliphatic carbocycles. The van der Waals surface area contributed by atoms with Crippen LogP contribution in [-0.4, -0.2) is 31.1 Å². The fraction of sp³-hybridized carbons (Fsp3) is 0.400. The average molecular weight is 312 g/mol. The van der Waals surface area contributed by atoms with E-state index < -0.39 is 0 Å². The minimum Gasteiger partial charge on any atom is -0.489 e. The molecule has 0 aliphatic rings. The Kier molecular flexibility index (Phi) is 7.64. The minimum absolute atomic E-state index is 0.613. The molecule has 0 bridgehead atoms. The van der Waals surface area contributed by atoms with Crippen LogP contribution >= 0.6 is 0 Å². The molecule has 0 radical (unpaired) electrons. The molecule has 2 aromatic rings. The highest BCUT2D eigenvalue weighted by molar-refractivity contribution is 5.27. The van der Waals surface area contributed by atoms with Crippen LogP contribution in [0, 0.1) is 0 Å². The number of hydrogen-bond acceptors (Lipinski definition) is 3. The van der Waals surface area contributed by atoms with E-state index >= 15 is 0 Å². The van der Waals surface area contributed by atoms with Crippen molar-refractivity contribution < 1.29 is 4.74 Å². The SMILES string of the molecule is CCN(CC)CCNCc1ccc(OCc2ccccc2)cc1. The first-order valence-electron chi connectivity index (χ1n) is 8.50. The predicted molar refractivity (Wildman–Crippen MR) is 96.7 cm³/mol. The van der Waals surface area contributed by atoms with Crippen LogP contribution in [-0.2, 0) is 13.2 Å². The number of hydrogen-bond donors (Lipinski definition) is 1. The molecule has 0 aliphatic heterocycles. The second-order valence-electron chi connectivity index (χ2n) is 5.62. The van der Waals surface area contributed by atoms with Crippen LogP contribution in [0.15, 0.2) is 54.6 Å². The van der Waals surface area contributed by atoms with E-state index in [0.29, 0.717) is 6.61 Å². The van der Waals surface area contributed by atoms with Gasteiger partial charge in [0.2, 0.25) is 0 Å². The molecule has 0 saturated carbocycles. The van der Waals surface area contributed by atoms with Gasteiger partial charge in [-0.3, -0.25) is 0 Å². The van der Waals surface area contributed by atoms with Crippen molar-refractivity contribution in [1.29, 1.82) is 0 Å². The lowest BCUT2D eigenvalue weighted by Crippen LogP contribution is -2.31. The molecule has 0 atom stereocenters. The number of nitrogens with zero attached hydrogens (tertiary/aromatic N) is 1. The van der Waals surface area contributed by atoms with Crippen molar-refractivity contribution >= 4 is 0 Å². The van der Waals surface area contributed by atoms with Gasteiger partial charge in [0.1, 0.15) is 12.4 Å². The number of nitrogens with one attached hydrogen (secondary N) is 1. The molecule has 2 aromatic carbocycles. The summed E-state index contributed by atoms with van der Waals surface area (Å²) in [6, 6.07) is 18.6. The zero-order chi connectivity index (χ0) is 16.3. The summed E-state index contributed by atoms with van der Waals surface area (Å²) in [5.41, 5.74) is 2.48. The first-order valence-corrected chi connectivity index (χ1v) is 8.50. The Morgan fingerprint density at radius 2 is 1.57 bits per heavy atom. The van der Waals surface area contributed by atoms with Gasteiger partial charge in [-0.15, -0.1) is 0 Å². The van der Waals surface area contributed by atoms with Gasteiger partial charge in [0.05, 0.1) is 0 Å². The van der Waals surface area contributed by atoms with Crippen molar-refractivity contribution in [3.8, 4) is 5.75 Å². The topological polar surface area (TPSA) is 24.5 Å². The third kappa shape index (κ3) is 6.43. The van der Waals surface area contributed by atoms with Gasteiger partial charge >= 0.3 is 0 Å². The van der Waals surface area contributed by atoms with Crippen LogP contribution in [0.5, 0.6) is 5.75 Å². The monoisotopic (exact) mass is 312 g/mol. The standard InChI is InChI=1S/C20H28N2O/c1-3-22(4-2)15-14-21-16-18-10-12-20(13-11-18)23-17-19-8-6-5-7-9-19/h5-13,21H,3-4,14-17H2,1-2H3. The molecule has 0 spiro atoms. The Labute approximate surface area is 140 Å². The second kappa shape index (κ2) is 10.0. The average Bonchev–Trinajstić information content (AvgIpc) is 2.62. The van der Waals surface area contributed by atoms with Crippen molar-refractivity contribution in [2.45, 2.75) is 27.0 Å². The highest BCUT2D eigenvalue weighted by Crippen LogP contribution is 2.14. The molecule has 1 N–H and O–H groups in total. The fourth-order valence-electron chi connectivity index (χ4n) is 2.45. The van der Waals surface area contributed by atoms with Gasteiger partial charge in [-0.05, 0) is 36.3 Å². The summed E-state index contributed by atoms with van der Waals surface area (Å²) in [4.78, 5) is 2.42. The summed E-state index contributed by atoms with van der Waals surface area (Å²) in [5.74, 6) is 0.917. The lowest BCUT2D eigenvalue weighted by atomic mass is 10.2. The zero-order valence-electron chi connectivity index (χ0n) is 14.3. The van der Waals surface area contributed by atoms with Crippen LogP contribution < -0.4 is 10.1 Å². The lowest BCUT2D eigenvalue weighted by molar-refractivity contribution is 0.302. The molecule has 124 valence electrons. The molecule has 0 amide bonds. The van der Waals surface area contributed by atoms with Gasteiger partial charge in [0, 0.05) is 19.6 Å². The van der Waals surface area contributed by atoms with Crippen LogP contribution in [0.2, 0.25) is 0 Å².